The van der Waals surface area contributed by atoms with Crippen molar-refractivity contribution in [2.45, 2.75) is 63.4 Å². The quantitative estimate of drug-likeness (QED) is 0.0149. The summed E-state index contributed by atoms with van der Waals surface area (Å²) in [5.41, 5.74) is 1.99. The van der Waals surface area contributed by atoms with Crippen molar-refractivity contribution in [3.8, 4) is 17.2 Å². The molecule has 0 saturated carbocycles. The van der Waals surface area contributed by atoms with E-state index in [9.17, 15) is 17.8 Å². The van der Waals surface area contributed by atoms with Crippen LogP contribution in [0.3, 0.4) is 0 Å². The number of ether oxygens (including phenoxy) is 24. The molecule has 0 amide bonds. The zero-order valence-electron chi connectivity index (χ0n) is 60.2. The molecule has 0 bridgehead atoms. The third-order valence-electron chi connectivity index (χ3n) is 14.7. The van der Waals surface area contributed by atoms with E-state index in [0.717, 1.165) is 0 Å². The van der Waals surface area contributed by atoms with E-state index in [2.05, 4.69) is 0 Å². The minimum Gasteiger partial charge on any atom is -0.748 e. The lowest BCUT2D eigenvalue weighted by Crippen LogP contribution is -2.38. The van der Waals surface area contributed by atoms with Crippen molar-refractivity contribution in [2.75, 3.05) is 255 Å². The number of rotatable bonds is 63. The fourth-order valence-corrected chi connectivity index (χ4v) is 10.2. The van der Waals surface area contributed by atoms with Crippen LogP contribution in [0.4, 0.5) is 0 Å². The van der Waals surface area contributed by atoms with Gasteiger partial charge in [-0.2, -0.15) is 4.57 Å². The Morgan fingerprint density at radius 3 is 0.970 bits per heavy atom. The van der Waals surface area contributed by atoms with Crippen LogP contribution in [0.25, 0.3) is 21.8 Å². The minimum atomic E-state index is -4.69. The lowest BCUT2D eigenvalue weighted by molar-refractivity contribution is -0.645. The van der Waals surface area contributed by atoms with Gasteiger partial charge in [0.05, 0.1) is 224 Å². The van der Waals surface area contributed by atoms with Gasteiger partial charge in [0.2, 0.25) is 11.0 Å². The predicted molar refractivity (Wildman–Crippen MR) is 362 cm³/mol. The van der Waals surface area contributed by atoms with E-state index in [1.54, 1.807) is 124 Å². The lowest BCUT2D eigenvalue weighted by Gasteiger charge is -2.26. The van der Waals surface area contributed by atoms with Gasteiger partial charge in [-0.15, -0.1) is 0 Å². The van der Waals surface area contributed by atoms with Crippen molar-refractivity contribution in [1.82, 2.24) is 0 Å². The normalized spacial score (nSPS) is 12.1. The maximum atomic E-state index is 15.7. The number of carbonyl (C=O) groups excluding carboxylic acids is 2. The van der Waals surface area contributed by atoms with Gasteiger partial charge in [-0.25, -0.2) is 18.0 Å². The van der Waals surface area contributed by atoms with Crippen molar-refractivity contribution in [3.05, 3.63) is 70.8 Å². The number of nitrogens with zero attached hydrogens (tertiary/aromatic N) is 1. The second-order valence-electron chi connectivity index (χ2n) is 22.7. The van der Waals surface area contributed by atoms with Crippen LogP contribution in [-0.2, 0) is 116 Å². The van der Waals surface area contributed by atoms with Gasteiger partial charge in [0.25, 0.3) is 0 Å². The van der Waals surface area contributed by atoms with Crippen LogP contribution in [-0.4, -0.2) is 316 Å². The smallest absolute Gasteiger partial charge is 0.345 e. The van der Waals surface area contributed by atoms with Crippen LogP contribution >= 0.6 is 0 Å². The molecule has 0 aliphatic carbocycles. The average Bonchev–Trinajstić information content (AvgIpc) is 0.741. The largest absolute Gasteiger partial charge is 0.748 e. The van der Waals surface area contributed by atoms with Gasteiger partial charge in [-0.1, -0.05) is 0 Å². The van der Waals surface area contributed by atoms with Crippen molar-refractivity contribution >= 4 is 43.9 Å². The highest BCUT2D eigenvalue weighted by Crippen LogP contribution is 2.34. The highest BCUT2D eigenvalue weighted by molar-refractivity contribution is 7.85. The predicted octanol–water partition coefficient (Wildman–Crippen LogP) is 4.18. The van der Waals surface area contributed by atoms with Crippen LogP contribution < -0.4 is 18.8 Å². The number of hydrogen-bond donors (Lipinski definition) is 0. The summed E-state index contributed by atoms with van der Waals surface area (Å²) in [6.07, 6.45) is -4.28. The number of esters is 2. The number of carbonyl (C=O) groups is 2. The van der Waals surface area contributed by atoms with Crippen molar-refractivity contribution in [1.29, 1.82) is 0 Å². The molecule has 31 heteroatoms. The van der Waals surface area contributed by atoms with Crippen LogP contribution in [0.15, 0.2) is 48.5 Å². The molecule has 30 nitrogen and oxygen atoms in total. The monoisotopic (exact) mass is 1450 g/mol. The number of hydrogen-bond acceptors (Lipinski definition) is 29. The summed E-state index contributed by atoms with van der Waals surface area (Å²) in [4.78, 5) is 28.5. The summed E-state index contributed by atoms with van der Waals surface area (Å²) in [5, 5.41) is 0.535. The summed E-state index contributed by atoms with van der Waals surface area (Å²) < 4.78 is 179. The number of methoxy groups -OCH3 is 9. The molecule has 0 radical (unpaired) electrons. The zero-order valence-corrected chi connectivity index (χ0v) is 61.0. The molecular weight excluding hydrogens is 1340 g/mol. The van der Waals surface area contributed by atoms with Gasteiger partial charge in [0, 0.05) is 81.2 Å². The SMILES string of the molecule is COCCOCC(COCCOC)OCC(COC(COCCOC)COCCOC)Oc1ccc2c(c1)c(C(=O)Oc1c(C)cc(C(=O)OC)cc1C)c1cc(OC(COC(COCCOC)COCCOC)COC(COCCOC)COCCOC)ccc1[n+]2CCCS(=O)(=O)[O-]. The van der Waals surface area contributed by atoms with Crippen LogP contribution in [0.2, 0.25) is 0 Å². The fraction of sp³-hybridized carbons (Fsp3) is 0.696. The molecule has 0 saturated heterocycles. The summed E-state index contributed by atoms with van der Waals surface area (Å²) in [6.45, 7) is 9.24. The number of aromatic nitrogens is 1. The second-order valence-corrected chi connectivity index (χ2v) is 24.2. The summed E-state index contributed by atoms with van der Waals surface area (Å²) in [5.74, 6) is -1.50. The Kier molecular flexibility index (Phi) is 46.2. The molecule has 100 heavy (non-hydrogen) atoms. The average molecular weight is 1450 g/mol. The van der Waals surface area contributed by atoms with E-state index in [1.807, 2.05) is 0 Å². The molecule has 570 valence electrons. The minimum absolute atomic E-state index is 0.0171. The van der Waals surface area contributed by atoms with Crippen LogP contribution in [0.1, 0.15) is 38.3 Å². The van der Waals surface area contributed by atoms with Gasteiger partial charge in [-0.05, 0) is 61.4 Å². The van der Waals surface area contributed by atoms with Crippen molar-refractivity contribution < 1.29 is 141 Å². The maximum Gasteiger partial charge on any atom is 0.345 e. The highest BCUT2D eigenvalue weighted by atomic mass is 32.2. The van der Waals surface area contributed by atoms with Crippen LogP contribution in [0, 0.1) is 13.8 Å². The molecule has 1 heterocycles. The molecule has 0 fully saturated rings. The summed E-state index contributed by atoms with van der Waals surface area (Å²) in [7, 11) is 9.18. The third kappa shape index (κ3) is 35.0. The molecule has 4 aromatic rings. The first kappa shape index (κ1) is 87.4. The maximum absolute atomic E-state index is 15.7. The van der Waals surface area contributed by atoms with Gasteiger partial charge in [-0.3, -0.25) is 0 Å². The second kappa shape index (κ2) is 52.9. The van der Waals surface area contributed by atoms with Gasteiger partial charge < -0.3 is 118 Å². The molecule has 1 aromatic heterocycles. The standard InChI is InChI=1S/C69H109NO29S/c1-51-35-53(68(71)84-11)36-52(2)67(51)99-69(72)66-62-37-54(97-60(47-93-56(39-85-26-18-76-3)40-86-27-19-77-4)48-94-57(41-87-28-20-78-5)42-88-29-21-79-6)13-15-64(62)70(17-12-34-100(73,74)75)65-16-14-55(38-63(65)66)98-61(49-95-58(43-89-30-22-80-7)44-90-31-23-81-8)50-96-59(45-91-32-24-82-9)46-92-33-25-83-10/h13-16,35-38,56-61H,12,17-34,39-50H2,1-11H3. The van der Waals surface area contributed by atoms with E-state index >= 15 is 4.79 Å². The summed E-state index contributed by atoms with van der Waals surface area (Å²) >= 11 is 0. The van der Waals surface area contributed by atoms with Crippen molar-refractivity contribution in [3.63, 3.8) is 0 Å². The van der Waals surface area contributed by atoms with Gasteiger partial charge in [0.1, 0.15) is 53.9 Å². The highest BCUT2D eigenvalue weighted by Gasteiger charge is 2.30. The van der Waals surface area contributed by atoms with E-state index in [4.69, 9.17) is 114 Å². The van der Waals surface area contributed by atoms with Crippen molar-refractivity contribution in [2.24, 2.45) is 0 Å². The molecule has 0 spiro atoms. The number of benzene rings is 3. The van der Waals surface area contributed by atoms with Crippen LogP contribution in [0.5, 0.6) is 17.2 Å². The lowest BCUT2D eigenvalue weighted by atomic mass is 10.0. The Balaban J connectivity index is 2.03. The molecule has 4 rings (SSSR count). The molecule has 0 atom stereocenters. The first-order chi connectivity index (χ1) is 48.6. The number of pyridine rings is 1. The van der Waals surface area contributed by atoms with Gasteiger partial charge in [0.15, 0.2) is 6.54 Å². The van der Waals surface area contributed by atoms with Gasteiger partial charge >= 0.3 is 11.9 Å². The van der Waals surface area contributed by atoms with E-state index in [1.165, 1.54) is 7.11 Å². The Labute approximate surface area is 588 Å². The molecule has 0 unspecified atom stereocenters. The zero-order chi connectivity index (χ0) is 72.6. The first-order valence-corrected chi connectivity index (χ1v) is 34.8. The summed E-state index contributed by atoms with van der Waals surface area (Å²) in [6, 6.07) is 13.2. The molecule has 0 aliphatic heterocycles. The molecule has 3 aromatic carbocycles. The molecule has 0 N–H and O–H groups in total. The fourth-order valence-electron chi connectivity index (χ4n) is 9.70. The third-order valence-corrected chi connectivity index (χ3v) is 15.5. The Hall–Kier alpha value is -5.02. The molecule has 0 aliphatic rings. The number of fused-ring (bicyclic) bond motifs is 2. The van der Waals surface area contributed by atoms with E-state index < -0.39 is 64.4 Å². The Morgan fingerprint density at radius 2 is 0.700 bits per heavy atom. The number of aryl methyl sites for hydroxylation is 3. The topological polar surface area (TPSA) is 317 Å². The Bertz CT molecular complexity index is 2700. The molecular formula is C69H109NO29S. The first-order valence-electron chi connectivity index (χ1n) is 33.2. The Morgan fingerprint density at radius 1 is 0.400 bits per heavy atom. The van der Waals surface area contributed by atoms with E-state index in [-0.39, 0.29) is 131 Å². The van der Waals surface area contributed by atoms with E-state index in [0.29, 0.717) is 128 Å².